The van der Waals surface area contributed by atoms with Gasteiger partial charge < -0.3 is 5.11 Å². The summed E-state index contributed by atoms with van der Waals surface area (Å²) in [6, 6.07) is 0. The van der Waals surface area contributed by atoms with Gasteiger partial charge in [-0.25, -0.2) is 0 Å². The molecule has 3 heteroatoms. The van der Waals surface area contributed by atoms with Crippen LogP contribution in [0.3, 0.4) is 0 Å². The highest BCUT2D eigenvalue weighted by atomic mass is 16.3. The summed E-state index contributed by atoms with van der Waals surface area (Å²) in [6.07, 6.45) is 20.4. The highest BCUT2D eigenvalue weighted by molar-refractivity contribution is 5.54. The zero-order valence-electron chi connectivity index (χ0n) is 18.0. The van der Waals surface area contributed by atoms with Crippen LogP contribution in [0.25, 0.3) is 6.08 Å². The Morgan fingerprint density at radius 2 is 1.90 bits per heavy atom. The predicted molar refractivity (Wildman–Crippen MR) is 116 cm³/mol. The van der Waals surface area contributed by atoms with Gasteiger partial charge in [0.1, 0.15) is 0 Å². The number of hydrogen-bond acceptors (Lipinski definition) is 2. The highest BCUT2D eigenvalue weighted by Crippen LogP contribution is 2.67. The molecule has 0 radical (unpaired) electrons. The first-order valence-corrected chi connectivity index (χ1v) is 12.1. The van der Waals surface area contributed by atoms with Crippen LogP contribution in [0.15, 0.2) is 23.9 Å². The molecule has 5 aliphatic rings. The van der Waals surface area contributed by atoms with Gasteiger partial charge in [-0.15, -0.1) is 0 Å². The quantitative estimate of drug-likeness (QED) is 0.617. The average Bonchev–Trinajstić information content (AvgIpc) is 3.31. The lowest BCUT2D eigenvalue weighted by Gasteiger charge is -2.58. The van der Waals surface area contributed by atoms with E-state index >= 15 is 0 Å². The third-order valence-corrected chi connectivity index (χ3v) is 10.4. The smallest absolute Gasteiger partial charge is 0.0577 e. The van der Waals surface area contributed by atoms with Gasteiger partial charge in [0.2, 0.25) is 0 Å². The lowest BCUT2D eigenvalue weighted by Crippen LogP contribution is -2.51. The van der Waals surface area contributed by atoms with Crippen LogP contribution in [0.2, 0.25) is 0 Å². The van der Waals surface area contributed by atoms with Crippen molar-refractivity contribution >= 4 is 6.08 Å². The van der Waals surface area contributed by atoms with Crippen molar-refractivity contribution in [2.24, 2.45) is 40.4 Å². The Morgan fingerprint density at radius 3 is 2.79 bits per heavy atom. The number of aromatic nitrogens is 2. The first-order valence-electron chi connectivity index (χ1n) is 12.1. The summed E-state index contributed by atoms with van der Waals surface area (Å²) < 4.78 is 0. The molecule has 3 fully saturated rings. The fraction of sp³-hybridized carbons (Fsp3) is 0.731. The summed E-state index contributed by atoms with van der Waals surface area (Å²) in [5, 5.41) is 17.7. The standard InChI is InChI=1S/C26H36N2O/c1-25-11-9-19(29)14-18(25)5-6-20-22-8-7-21(26(22,2)12-10-23(20)25)16-3-4-17-15-27-28-24(17)13-16/h3-5,15-16,19-23,29H,6-14H2,1-2H3,(H,27,28)/t16?,19-,20-,21+,22-,23-,25-,26+/m0/s1. The summed E-state index contributed by atoms with van der Waals surface area (Å²) >= 11 is 0. The van der Waals surface area contributed by atoms with Crippen LogP contribution >= 0.6 is 0 Å². The van der Waals surface area contributed by atoms with Crippen molar-refractivity contribution in [1.82, 2.24) is 10.2 Å². The van der Waals surface area contributed by atoms with E-state index < -0.39 is 0 Å². The van der Waals surface area contributed by atoms with Crippen LogP contribution in [-0.4, -0.2) is 21.4 Å². The van der Waals surface area contributed by atoms with Crippen molar-refractivity contribution in [3.8, 4) is 0 Å². The molecule has 0 aliphatic heterocycles. The molecular formula is C26H36N2O. The monoisotopic (exact) mass is 392 g/mol. The molecule has 0 spiro atoms. The molecular weight excluding hydrogens is 356 g/mol. The van der Waals surface area contributed by atoms with Gasteiger partial charge >= 0.3 is 0 Å². The number of rotatable bonds is 1. The number of H-pyrrole nitrogens is 1. The van der Waals surface area contributed by atoms with E-state index in [1.54, 1.807) is 5.57 Å². The van der Waals surface area contributed by atoms with E-state index in [-0.39, 0.29) is 6.10 Å². The van der Waals surface area contributed by atoms with Crippen LogP contribution in [-0.2, 0) is 6.42 Å². The third kappa shape index (κ3) is 2.55. The molecule has 0 saturated heterocycles. The van der Waals surface area contributed by atoms with Gasteiger partial charge in [-0.2, -0.15) is 5.10 Å². The third-order valence-electron chi connectivity index (χ3n) is 10.4. The van der Waals surface area contributed by atoms with Crippen molar-refractivity contribution in [2.45, 2.75) is 77.7 Å². The number of nitrogens with one attached hydrogen (secondary N) is 1. The van der Waals surface area contributed by atoms with Crippen LogP contribution in [0, 0.1) is 40.4 Å². The van der Waals surface area contributed by atoms with E-state index in [0.717, 1.165) is 42.9 Å². The number of allylic oxidation sites excluding steroid dienone is 2. The number of aromatic amines is 1. The number of aliphatic hydroxyl groups excluding tert-OH is 1. The number of hydrogen-bond donors (Lipinski definition) is 2. The summed E-state index contributed by atoms with van der Waals surface area (Å²) in [7, 11) is 0. The van der Waals surface area contributed by atoms with Crippen molar-refractivity contribution in [3.63, 3.8) is 0 Å². The van der Waals surface area contributed by atoms with E-state index in [1.807, 2.05) is 6.20 Å². The Balaban J connectivity index is 1.28. The molecule has 0 amide bonds. The van der Waals surface area contributed by atoms with Gasteiger partial charge in [0.25, 0.3) is 0 Å². The van der Waals surface area contributed by atoms with E-state index in [2.05, 4.69) is 42.3 Å². The maximum atomic E-state index is 10.2. The molecule has 5 aliphatic carbocycles. The topological polar surface area (TPSA) is 48.9 Å². The zero-order chi connectivity index (χ0) is 19.8. The van der Waals surface area contributed by atoms with E-state index in [1.165, 1.54) is 49.8 Å². The van der Waals surface area contributed by atoms with Crippen molar-refractivity contribution < 1.29 is 5.11 Å². The molecule has 1 unspecified atom stereocenters. The molecule has 6 rings (SSSR count). The molecule has 1 aromatic rings. The number of aliphatic hydroxyl groups is 1. The second kappa shape index (κ2) is 6.33. The first kappa shape index (κ1) is 18.4. The second-order valence-corrected chi connectivity index (χ2v) is 11.4. The number of nitrogens with zero attached hydrogens (tertiary/aromatic N) is 1. The lowest BCUT2D eigenvalue weighted by atomic mass is 9.47. The lowest BCUT2D eigenvalue weighted by molar-refractivity contribution is -0.0550. The van der Waals surface area contributed by atoms with Crippen LogP contribution in [0.1, 0.15) is 76.5 Å². The minimum atomic E-state index is -0.0962. The fourth-order valence-corrected chi connectivity index (χ4v) is 8.82. The number of fused-ring (bicyclic) bond motifs is 6. The molecule has 8 atom stereocenters. The Kier molecular flexibility index (Phi) is 4.02. The summed E-state index contributed by atoms with van der Waals surface area (Å²) in [5.74, 6) is 4.06. The van der Waals surface area contributed by atoms with Gasteiger partial charge in [0, 0.05) is 11.3 Å². The minimum Gasteiger partial charge on any atom is -0.393 e. The predicted octanol–water partition coefficient (Wildman–Crippen LogP) is 5.54. The van der Waals surface area contributed by atoms with Crippen LogP contribution in [0.4, 0.5) is 0 Å². The van der Waals surface area contributed by atoms with E-state index in [9.17, 15) is 5.11 Å². The molecule has 1 heterocycles. The Morgan fingerprint density at radius 1 is 1.03 bits per heavy atom. The van der Waals surface area contributed by atoms with Crippen LogP contribution in [0.5, 0.6) is 0 Å². The molecule has 3 saturated carbocycles. The molecule has 29 heavy (non-hydrogen) atoms. The Labute approximate surface area is 175 Å². The molecule has 3 nitrogen and oxygen atoms in total. The van der Waals surface area contributed by atoms with E-state index in [4.69, 9.17) is 0 Å². The molecule has 1 aromatic heterocycles. The Hall–Kier alpha value is -1.35. The molecule has 0 aromatic carbocycles. The summed E-state index contributed by atoms with van der Waals surface area (Å²) in [6.45, 7) is 5.19. The van der Waals surface area contributed by atoms with Crippen molar-refractivity contribution in [2.75, 3.05) is 0 Å². The van der Waals surface area contributed by atoms with Crippen LogP contribution < -0.4 is 0 Å². The van der Waals surface area contributed by atoms with Crippen molar-refractivity contribution in [1.29, 1.82) is 0 Å². The summed E-state index contributed by atoms with van der Waals surface area (Å²) in [4.78, 5) is 0. The normalized spacial score (nSPS) is 48.3. The minimum absolute atomic E-state index is 0.0962. The highest BCUT2D eigenvalue weighted by Gasteiger charge is 2.59. The van der Waals surface area contributed by atoms with Gasteiger partial charge in [0.05, 0.1) is 12.3 Å². The van der Waals surface area contributed by atoms with Gasteiger partial charge in [-0.1, -0.05) is 37.6 Å². The summed E-state index contributed by atoms with van der Waals surface area (Å²) in [5.41, 5.74) is 5.08. The van der Waals surface area contributed by atoms with E-state index in [0.29, 0.717) is 16.7 Å². The molecule has 0 bridgehead atoms. The average molecular weight is 393 g/mol. The Bertz CT molecular complexity index is 868. The SMILES string of the molecule is C[C@]12CC[C@H]3[C@@H](CC=C4C[C@@H](O)CC[C@@]43C)[C@@H]1CC[C@@H]2C1C=Cc2cn[nH]c2C1. The maximum absolute atomic E-state index is 10.2. The molecule has 2 N–H and O–H groups in total. The second-order valence-electron chi connectivity index (χ2n) is 11.4. The van der Waals surface area contributed by atoms with Crippen molar-refractivity contribution in [3.05, 3.63) is 35.2 Å². The first-order chi connectivity index (χ1) is 14.0. The fourth-order valence-electron chi connectivity index (χ4n) is 8.82. The van der Waals surface area contributed by atoms with Gasteiger partial charge in [-0.05, 0) is 98.2 Å². The van der Waals surface area contributed by atoms with Gasteiger partial charge in [0.15, 0.2) is 0 Å². The zero-order valence-corrected chi connectivity index (χ0v) is 18.0. The van der Waals surface area contributed by atoms with Gasteiger partial charge in [-0.3, -0.25) is 5.10 Å². The maximum Gasteiger partial charge on any atom is 0.0577 e. The largest absolute Gasteiger partial charge is 0.393 e. The molecule has 156 valence electrons.